The fraction of sp³-hybridized carbons (Fsp3) is 0.333. The predicted octanol–water partition coefficient (Wildman–Crippen LogP) is 2.50. The van der Waals surface area contributed by atoms with Gasteiger partial charge in [-0.05, 0) is 18.1 Å². The van der Waals surface area contributed by atoms with E-state index >= 15 is 0 Å². The topological polar surface area (TPSA) is 3.24 Å². The molecule has 0 saturated heterocycles. The molecule has 1 aromatic carbocycles. The first-order valence-electron chi connectivity index (χ1n) is 4.88. The number of hydrogen-bond acceptors (Lipinski definition) is 1. The van der Waals surface area contributed by atoms with E-state index < -0.39 is 0 Å². The molecule has 1 heteroatoms. The highest BCUT2D eigenvalue weighted by molar-refractivity contribution is 5.39. The monoisotopic (exact) mass is 171 g/mol. The average Bonchev–Trinajstić information content (AvgIpc) is 2.67. The Morgan fingerprint density at radius 2 is 2.08 bits per heavy atom. The fourth-order valence-electron chi connectivity index (χ4n) is 2.43. The lowest BCUT2D eigenvalue weighted by Gasteiger charge is -2.20. The first kappa shape index (κ1) is 7.34. The Morgan fingerprint density at radius 3 is 3.00 bits per heavy atom. The molecule has 0 aliphatic carbocycles. The minimum atomic E-state index is 0.561. The third kappa shape index (κ3) is 0.909. The second-order valence-electron chi connectivity index (χ2n) is 3.94. The van der Waals surface area contributed by atoms with E-state index in [0.29, 0.717) is 12.1 Å². The van der Waals surface area contributed by atoms with Crippen LogP contribution in [0.3, 0.4) is 0 Å². The van der Waals surface area contributed by atoms with Gasteiger partial charge in [0.15, 0.2) is 0 Å². The summed E-state index contributed by atoms with van der Waals surface area (Å²) in [5, 5.41) is 0. The van der Waals surface area contributed by atoms with Crippen molar-refractivity contribution >= 4 is 0 Å². The Kier molecular flexibility index (Phi) is 1.39. The molecule has 2 aliphatic heterocycles. The zero-order valence-electron chi connectivity index (χ0n) is 7.77. The van der Waals surface area contributed by atoms with Gasteiger partial charge in [0.25, 0.3) is 0 Å². The zero-order chi connectivity index (χ0) is 8.84. The van der Waals surface area contributed by atoms with Gasteiger partial charge in [-0.3, -0.25) is 4.90 Å². The van der Waals surface area contributed by atoms with Gasteiger partial charge in [0.05, 0.1) is 6.04 Å². The van der Waals surface area contributed by atoms with Crippen molar-refractivity contribution in [3.8, 4) is 0 Å². The zero-order valence-corrected chi connectivity index (χ0v) is 7.77. The summed E-state index contributed by atoms with van der Waals surface area (Å²) < 4.78 is 0. The molecule has 0 saturated carbocycles. The molecule has 0 aromatic heterocycles. The van der Waals surface area contributed by atoms with Gasteiger partial charge in [-0.1, -0.05) is 36.4 Å². The maximum absolute atomic E-state index is 2.53. The van der Waals surface area contributed by atoms with Crippen LogP contribution >= 0.6 is 0 Å². The van der Waals surface area contributed by atoms with E-state index in [0.717, 1.165) is 6.54 Å². The molecular weight excluding hydrogens is 158 g/mol. The molecule has 0 fully saturated rings. The van der Waals surface area contributed by atoms with Gasteiger partial charge in [0, 0.05) is 12.6 Å². The molecule has 0 N–H and O–H groups in total. The molecule has 2 atom stereocenters. The van der Waals surface area contributed by atoms with E-state index in [-0.39, 0.29) is 0 Å². The highest BCUT2D eigenvalue weighted by Gasteiger charge is 2.33. The van der Waals surface area contributed by atoms with Gasteiger partial charge in [-0.15, -0.1) is 0 Å². The van der Waals surface area contributed by atoms with Crippen molar-refractivity contribution in [1.29, 1.82) is 0 Å². The molecular formula is C12H13N. The summed E-state index contributed by atoms with van der Waals surface area (Å²) in [5.41, 5.74) is 3.01. The van der Waals surface area contributed by atoms with Crippen molar-refractivity contribution < 1.29 is 0 Å². The Morgan fingerprint density at radius 1 is 1.23 bits per heavy atom. The van der Waals surface area contributed by atoms with Gasteiger partial charge >= 0.3 is 0 Å². The molecule has 66 valence electrons. The summed E-state index contributed by atoms with van der Waals surface area (Å²) in [6, 6.07) is 9.94. The minimum Gasteiger partial charge on any atom is -0.282 e. The normalized spacial score (nSPS) is 30.5. The van der Waals surface area contributed by atoms with Crippen LogP contribution in [0, 0.1) is 0 Å². The van der Waals surface area contributed by atoms with E-state index in [1.807, 2.05) is 0 Å². The van der Waals surface area contributed by atoms with Crippen LogP contribution in [-0.4, -0.2) is 10.9 Å². The Balaban J connectivity index is 2.09. The van der Waals surface area contributed by atoms with Gasteiger partial charge in [0.1, 0.15) is 0 Å². The number of nitrogens with zero attached hydrogens (tertiary/aromatic N) is 1. The summed E-state index contributed by atoms with van der Waals surface area (Å²) in [5.74, 6) is 0. The van der Waals surface area contributed by atoms with Crippen LogP contribution in [0.2, 0.25) is 0 Å². The summed E-state index contributed by atoms with van der Waals surface area (Å²) >= 11 is 0. The predicted molar refractivity (Wildman–Crippen MR) is 53.3 cm³/mol. The highest BCUT2D eigenvalue weighted by Crippen LogP contribution is 2.39. The first-order valence-corrected chi connectivity index (χ1v) is 4.88. The molecule has 2 unspecified atom stereocenters. The summed E-state index contributed by atoms with van der Waals surface area (Å²) in [6.07, 6.45) is 4.64. The maximum Gasteiger partial charge on any atom is 0.0544 e. The van der Waals surface area contributed by atoms with E-state index in [1.165, 1.54) is 11.1 Å². The van der Waals surface area contributed by atoms with Gasteiger partial charge in [0.2, 0.25) is 0 Å². The number of benzene rings is 1. The lowest BCUT2D eigenvalue weighted by molar-refractivity contribution is 0.238. The molecule has 2 heterocycles. The smallest absolute Gasteiger partial charge is 0.0544 e. The van der Waals surface area contributed by atoms with Crippen LogP contribution in [0.4, 0.5) is 0 Å². The first-order chi connectivity index (χ1) is 6.36. The van der Waals surface area contributed by atoms with E-state index in [1.54, 1.807) is 0 Å². The lowest BCUT2D eigenvalue weighted by Crippen LogP contribution is -2.24. The Bertz CT molecular complexity index is 367. The standard InChI is InChI=1S/C12H13N/c1-9-6-7-12-11-5-3-2-4-10(11)8-13(9)12/h2-7,9,12H,8H2,1H3. The average molecular weight is 171 g/mol. The van der Waals surface area contributed by atoms with Crippen molar-refractivity contribution in [1.82, 2.24) is 4.90 Å². The van der Waals surface area contributed by atoms with E-state index in [2.05, 4.69) is 48.2 Å². The van der Waals surface area contributed by atoms with Crippen molar-refractivity contribution in [2.75, 3.05) is 0 Å². The van der Waals surface area contributed by atoms with Gasteiger partial charge in [-0.2, -0.15) is 0 Å². The SMILES string of the molecule is CC1C=CC2c3ccccc3CN12. The molecule has 2 aliphatic rings. The number of fused-ring (bicyclic) bond motifs is 3. The molecule has 1 aromatic rings. The Labute approximate surface area is 78.7 Å². The Hall–Kier alpha value is -1.08. The van der Waals surface area contributed by atoms with E-state index in [4.69, 9.17) is 0 Å². The quantitative estimate of drug-likeness (QED) is 0.542. The molecule has 13 heavy (non-hydrogen) atoms. The third-order valence-electron chi connectivity index (χ3n) is 3.18. The number of hydrogen-bond donors (Lipinski definition) is 0. The molecule has 1 nitrogen and oxygen atoms in total. The van der Waals surface area contributed by atoms with Crippen LogP contribution in [0.5, 0.6) is 0 Å². The van der Waals surface area contributed by atoms with Crippen LogP contribution < -0.4 is 0 Å². The maximum atomic E-state index is 2.53. The summed E-state index contributed by atoms with van der Waals surface area (Å²) in [6.45, 7) is 3.39. The van der Waals surface area contributed by atoms with Crippen LogP contribution in [0.15, 0.2) is 36.4 Å². The number of rotatable bonds is 0. The van der Waals surface area contributed by atoms with Gasteiger partial charge in [-0.25, -0.2) is 0 Å². The molecule has 0 spiro atoms. The van der Waals surface area contributed by atoms with Crippen LogP contribution in [0.25, 0.3) is 0 Å². The summed E-state index contributed by atoms with van der Waals surface area (Å²) in [4.78, 5) is 2.53. The van der Waals surface area contributed by atoms with Crippen molar-refractivity contribution in [3.05, 3.63) is 47.5 Å². The third-order valence-corrected chi connectivity index (χ3v) is 3.18. The van der Waals surface area contributed by atoms with Gasteiger partial charge < -0.3 is 0 Å². The minimum absolute atomic E-state index is 0.561. The van der Waals surface area contributed by atoms with Crippen molar-refractivity contribution in [3.63, 3.8) is 0 Å². The molecule has 0 amide bonds. The highest BCUT2D eigenvalue weighted by atomic mass is 15.2. The van der Waals surface area contributed by atoms with Crippen molar-refractivity contribution in [2.24, 2.45) is 0 Å². The van der Waals surface area contributed by atoms with Crippen molar-refractivity contribution in [2.45, 2.75) is 25.6 Å². The molecule has 3 rings (SSSR count). The molecule has 0 radical (unpaired) electrons. The second kappa shape index (κ2) is 2.46. The lowest BCUT2D eigenvalue weighted by atomic mass is 10.1. The largest absolute Gasteiger partial charge is 0.282 e. The van der Waals surface area contributed by atoms with Crippen LogP contribution in [0.1, 0.15) is 24.1 Å². The van der Waals surface area contributed by atoms with E-state index in [9.17, 15) is 0 Å². The van der Waals surface area contributed by atoms with Crippen LogP contribution in [-0.2, 0) is 6.54 Å². The fourth-order valence-corrected chi connectivity index (χ4v) is 2.43. The summed E-state index contributed by atoms with van der Waals surface area (Å²) in [7, 11) is 0. The second-order valence-corrected chi connectivity index (χ2v) is 3.94. The molecule has 0 bridgehead atoms.